The van der Waals surface area contributed by atoms with Crippen LogP contribution >= 0.6 is 0 Å². The molecule has 0 bridgehead atoms. The molecule has 0 aromatic rings. The summed E-state index contributed by atoms with van der Waals surface area (Å²) in [6.45, 7) is 4.10. The lowest BCUT2D eigenvalue weighted by Gasteiger charge is -2.46. The third-order valence-corrected chi connectivity index (χ3v) is 6.18. The molecule has 0 aliphatic carbocycles. The number of hydrogen-bond donors (Lipinski definition) is 2. The van der Waals surface area contributed by atoms with E-state index in [0.29, 0.717) is 19.3 Å². The molecule has 2 N–H and O–H groups in total. The van der Waals surface area contributed by atoms with Crippen LogP contribution in [-0.4, -0.2) is 54.4 Å². The Kier molecular flexibility index (Phi) is 16.4. The van der Waals surface area contributed by atoms with Crippen molar-refractivity contribution in [2.24, 2.45) is 0 Å². The van der Waals surface area contributed by atoms with Crippen LogP contribution in [0.1, 0.15) is 110 Å². The fraction of sp³-hybridized carbons (Fsp3) is 0.846. The van der Waals surface area contributed by atoms with Gasteiger partial charge in [0.25, 0.3) is 0 Å². The molecule has 0 heterocycles. The molecule has 0 aromatic carbocycles. The lowest BCUT2D eigenvalue weighted by atomic mass is 9.99. The van der Waals surface area contributed by atoms with Crippen LogP contribution in [0.4, 0.5) is 0 Å². The van der Waals surface area contributed by atoms with Crippen molar-refractivity contribution in [3.8, 4) is 0 Å². The highest BCUT2D eigenvalue weighted by Gasteiger charge is 2.45. The van der Waals surface area contributed by atoms with Crippen LogP contribution in [0.25, 0.3) is 0 Å². The summed E-state index contributed by atoms with van der Waals surface area (Å²) in [4.78, 5) is 24.3. The highest BCUT2D eigenvalue weighted by molar-refractivity contribution is 5.84. The lowest BCUT2D eigenvalue weighted by Crippen LogP contribution is -2.74. The SMILES string of the molecule is CCCCCC[C@@H](O)C/C=C\CCCCCCCC(=O)NC(CCC)(C(=O)[O-])[N+](C)(C)C. The van der Waals surface area contributed by atoms with Crippen LogP contribution in [0.3, 0.4) is 0 Å². The minimum absolute atomic E-state index is 0.0956. The molecule has 1 unspecified atom stereocenters. The number of carboxylic acids is 1. The summed E-state index contributed by atoms with van der Waals surface area (Å²) in [7, 11) is 5.32. The second kappa shape index (κ2) is 17.1. The first kappa shape index (κ1) is 30.6. The monoisotopic (exact) mass is 454 g/mol. The molecule has 0 fully saturated rings. The van der Waals surface area contributed by atoms with Gasteiger partial charge in [0.15, 0.2) is 0 Å². The third-order valence-electron chi connectivity index (χ3n) is 6.18. The Morgan fingerprint density at radius 1 is 0.938 bits per heavy atom. The number of aliphatic hydroxyl groups is 1. The molecule has 0 spiro atoms. The molecular formula is C26H50N2O4. The number of hydrogen-bond acceptors (Lipinski definition) is 4. The van der Waals surface area contributed by atoms with E-state index in [0.717, 1.165) is 57.8 Å². The number of aliphatic carboxylic acids is 1. The van der Waals surface area contributed by atoms with E-state index in [9.17, 15) is 19.8 Å². The number of allylic oxidation sites excluding steroid dienone is 1. The molecule has 0 radical (unpaired) electrons. The summed E-state index contributed by atoms with van der Waals surface area (Å²) in [6, 6.07) is 0. The summed E-state index contributed by atoms with van der Waals surface area (Å²) >= 11 is 0. The van der Waals surface area contributed by atoms with Crippen LogP contribution in [0.2, 0.25) is 0 Å². The molecule has 1 amide bonds. The van der Waals surface area contributed by atoms with Gasteiger partial charge in [0.1, 0.15) is 5.97 Å². The van der Waals surface area contributed by atoms with Crippen molar-refractivity contribution in [2.75, 3.05) is 21.1 Å². The molecule has 0 aliphatic rings. The Morgan fingerprint density at radius 2 is 1.56 bits per heavy atom. The van der Waals surface area contributed by atoms with E-state index < -0.39 is 11.6 Å². The average Bonchev–Trinajstić information content (AvgIpc) is 2.71. The molecule has 0 saturated heterocycles. The molecule has 0 rings (SSSR count). The second-order valence-electron chi connectivity index (χ2n) is 9.98. The summed E-state index contributed by atoms with van der Waals surface area (Å²) < 4.78 is 0.0956. The molecule has 32 heavy (non-hydrogen) atoms. The maximum atomic E-state index is 12.4. The van der Waals surface area contributed by atoms with E-state index in [2.05, 4.69) is 24.4 Å². The summed E-state index contributed by atoms with van der Waals surface area (Å²) in [6.07, 6.45) is 17.9. The van der Waals surface area contributed by atoms with Gasteiger partial charge in [-0.1, -0.05) is 70.9 Å². The van der Waals surface area contributed by atoms with Crippen molar-refractivity contribution in [2.45, 2.75) is 122 Å². The van der Waals surface area contributed by atoms with Crippen molar-refractivity contribution in [1.82, 2.24) is 5.32 Å². The van der Waals surface area contributed by atoms with Gasteiger partial charge < -0.3 is 19.5 Å². The average molecular weight is 455 g/mol. The van der Waals surface area contributed by atoms with E-state index in [1.54, 1.807) is 21.1 Å². The number of carbonyl (C=O) groups is 2. The Morgan fingerprint density at radius 3 is 2.16 bits per heavy atom. The molecular weight excluding hydrogens is 404 g/mol. The Hall–Kier alpha value is -1.40. The number of carbonyl (C=O) groups excluding carboxylic acids is 2. The third kappa shape index (κ3) is 12.6. The molecule has 0 aliphatic heterocycles. The fourth-order valence-corrected chi connectivity index (χ4v) is 4.02. The first-order chi connectivity index (χ1) is 15.1. The van der Waals surface area contributed by atoms with Crippen molar-refractivity contribution >= 4 is 11.9 Å². The summed E-state index contributed by atoms with van der Waals surface area (Å²) in [5, 5.41) is 24.6. The maximum absolute atomic E-state index is 12.4. The zero-order valence-electron chi connectivity index (χ0n) is 21.5. The molecule has 0 aromatic heterocycles. The Balaban J connectivity index is 3.98. The number of aliphatic hydroxyl groups excluding tert-OH is 1. The fourth-order valence-electron chi connectivity index (χ4n) is 4.02. The van der Waals surface area contributed by atoms with E-state index in [1.165, 1.54) is 19.3 Å². The number of nitrogens with zero attached hydrogens (tertiary/aromatic N) is 1. The van der Waals surface area contributed by atoms with Gasteiger partial charge in [-0.05, 0) is 38.5 Å². The molecule has 188 valence electrons. The van der Waals surface area contributed by atoms with Gasteiger partial charge in [0, 0.05) is 12.8 Å². The van der Waals surface area contributed by atoms with Gasteiger partial charge in [0.2, 0.25) is 11.6 Å². The number of amides is 1. The number of likely N-dealkylation sites (N-methyl/N-ethyl adjacent to an activating group) is 1. The highest BCUT2D eigenvalue weighted by Crippen LogP contribution is 2.22. The summed E-state index contributed by atoms with van der Waals surface area (Å²) in [5.41, 5.74) is -1.39. The molecule has 2 atom stereocenters. The Bertz CT molecular complexity index is 542. The number of quaternary nitrogens is 1. The second-order valence-corrected chi connectivity index (χ2v) is 9.98. The highest BCUT2D eigenvalue weighted by atomic mass is 16.4. The smallest absolute Gasteiger partial charge is 0.224 e. The van der Waals surface area contributed by atoms with E-state index in [4.69, 9.17) is 0 Å². The number of unbranched alkanes of at least 4 members (excludes halogenated alkanes) is 8. The zero-order chi connectivity index (χ0) is 24.5. The normalized spacial score (nSPS) is 14.9. The molecule has 6 heteroatoms. The van der Waals surface area contributed by atoms with Gasteiger partial charge in [-0.2, -0.15) is 0 Å². The van der Waals surface area contributed by atoms with Crippen LogP contribution in [0.5, 0.6) is 0 Å². The van der Waals surface area contributed by atoms with E-state index >= 15 is 0 Å². The predicted molar refractivity (Wildman–Crippen MR) is 130 cm³/mol. The summed E-state index contributed by atoms with van der Waals surface area (Å²) in [5.74, 6) is -1.44. The minimum Gasteiger partial charge on any atom is -0.542 e. The molecule has 0 saturated carbocycles. The van der Waals surface area contributed by atoms with E-state index in [-0.39, 0.29) is 16.5 Å². The number of rotatable bonds is 20. The van der Waals surface area contributed by atoms with Crippen molar-refractivity contribution in [3.05, 3.63) is 12.2 Å². The van der Waals surface area contributed by atoms with Crippen molar-refractivity contribution in [1.29, 1.82) is 0 Å². The quantitative estimate of drug-likeness (QED) is 0.126. The van der Waals surface area contributed by atoms with Gasteiger partial charge in [-0.15, -0.1) is 0 Å². The topological polar surface area (TPSA) is 89.5 Å². The first-order valence-electron chi connectivity index (χ1n) is 12.8. The van der Waals surface area contributed by atoms with Crippen LogP contribution in [0, 0.1) is 0 Å². The largest absolute Gasteiger partial charge is 0.542 e. The van der Waals surface area contributed by atoms with Crippen molar-refractivity contribution in [3.63, 3.8) is 0 Å². The van der Waals surface area contributed by atoms with Gasteiger partial charge in [0.05, 0.1) is 27.2 Å². The first-order valence-corrected chi connectivity index (χ1v) is 12.8. The van der Waals surface area contributed by atoms with Gasteiger partial charge in [-0.25, -0.2) is 0 Å². The van der Waals surface area contributed by atoms with Crippen molar-refractivity contribution < 1.29 is 24.3 Å². The number of nitrogens with one attached hydrogen (secondary N) is 1. The standard InChI is InChI=1S/C26H50N2O4/c1-6-8-9-16-19-23(29)20-17-14-12-10-11-13-15-18-21-24(30)27-26(22-7-2,25(31)32)28(3,4)5/h14,17,23,29H,6-13,15-16,18-22H2,1-5H3,(H-,27,30,31,32)/b17-14-/t23-,26?/m1/s1. The number of carboxylic acid groups (broad SMARTS) is 1. The minimum atomic E-state index is -1.39. The zero-order valence-corrected chi connectivity index (χ0v) is 21.5. The van der Waals surface area contributed by atoms with Crippen LogP contribution < -0.4 is 10.4 Å². The van der Waals surface area contributed by atoms with Gasteiger partial charge >= 0.3 is 0 Å². The van der Waals surface area contributed by atoms with Crippen LogP contribution in [0.15, 0.2) is 12.2 Å². The van der Waals surface area contributed by atoms with Gasteiger partial charge in [-0.3, -0.25) is 10.1 Å². The predicted octanol–water partition coefficient (Wildman–Crippen LogP) is 4.06. The maximum Gasteiger partial charge on any atom is 0.224 e. The molecule has 6 nitrogen and oxygen atoms in total. The van der Waals surface area contributed by atoms with Crippen LogP contribution in [-0.2, 0) is 9.59 Å². The van der Waals surface area contributed by atoms with E-state index in [1.807, 2.05) is 6.92 Å². The Labute approximate surface area is 197 Å². The lowest BCUT2D eigenvalue weighted by molar-refractivity contribution is -0.919.